The Balaban J connectivity index is 3.31. The molecule has 0 aromatic carbocycles. The molecule has 0 amide bonds. The molecule has 10 heteroatoms. The summed E-state index contributed by atoms with van der Waals surface area (Å²) < 4.78 is 31.5. The van der Waals surface area contributed by atoms with Gasteiger partial charge in [-0.1, -0.05) is 13.8 Å². The van der Waals surface area contributed by atoms with Crippen LogP contribution in [-0.4, -0.2) is 68.3 Å². The lowest BCUT2D eigenvalue weighted by molar-refractivity contribution is -0.303. The van der Waals surface area contributed by atoms with Crippen molar-refractivity contribution < 1.29 is 47.6 Å². The number of ether oxygens (including phenoxy) is 6. The van der Waals surface area contributed by atoms with E-state index in [0.29, 0.717) is 0 Å². The van der Waals surface area contributed by atoms with Gasteiger partial charge in [-0.25, -0.2) is 4.79 Å². The van der Waals surface area contributed by atoms with Crippen molar-refractivity contribution in [3.63, 3.8) is 0 Å². The maximum absolute atomic E-state index is 12.2. The highest BCUT2D eigenvalue weighted by Crippen LogP contribution is 2.30. The molecule has 0 radical (unpaired) electrons. The van der Waals surface area contributed by atoms with Crippen LogP contribution in [0.15, 0.2) is 0 Å². The molecule has 1 aliphatic rings. The van der Waals surface area contributed by atoms with Gasteiger partial charge < -0.3 is 28.4 Å². The Hall–Kier alpha value is -2.20. The summed E-state index contributed by atoms with van der Waals surface area (Å²) in [6, 6.07) is 0. The average molecular weight is 390 g/mol. The first-order chi connectivity index (χ1) is 12.6. The summed E-state index contributed by atoms with van der Waals surface area (Å²) in [5, 5.41) is 0. The molecule has 10 nitrogen and oxygen atoms in total. The zero-order chi connectivity index (χ0) is 20.7. The van der Waals surface area contributed by atoms with E-state index in [9.17, 15) is 19.2 Å². The number of carbonyl (C=O) groups excluding carboxylic acids is 4. The molecule has 0 spiro atoms. The lowest BCUT2D eigenvalue weighted by Gasteiger charge is -2.43. The molecule has 1 aliphatic heterocycles. The maximum Gasteiger partial charge on any atom is 0.339 e. The summed E-state index contributed by atoms with van der Waals surface area (Å²) in [6.07, 6.45) is -6.65. The van der Waals surface area contributed by atoms with Crippen LogP contribution in [-0.2, 0) is 47.6 Å². The lowest BCUT2D eigenvalue weighted by Crippen LogP contribution is -2.63. The monoisotopic (exact) mass is 390 g/mol. The minimum absolute atomic E-state index is 0.0986. The van der Waals surface area contributed by atoms with Gasteiger partial charge in [-0.15, -0.1) is 0 Å². The van der Waals surface area contributed by atoms with Crippen LogP contribution in [0.2, 0.25) is 0 Å². The van der Waals surface area contributed by atoms with E-state index in [2.05, 4.69) is 4.74 Å². The Morgan fingerprint density at radius 2 is 1.33 bits per heavy atom. The van der Waals surface area contributed by atoms with Crippen LogP contribution in [0.25, 0.3) is 0 Å². The molecule has 5 atom stereocenters. The van der Waals surface area contributed by atoms with Crippen molar-refractivity contribution in [1.29, 1.82) is 0 Å². The van der Waals surface area contributed by atoms with E-state index < -0.39 is 54.6 Å². The van der Waals surface area contributed by atoms with E-state index in [1.54, 1.807) is 0 Å². The predicted octanol–water partition coefficient (Wildman–Crippen LogP) is 0.352. The minimum atomic E-state index is -1.44. The van der Waals surface area contributed by atoms with Crippen LogP contribution in [0.1, 0.15) is 34.6 Å². The van der Waals surface area contributed by atoms with Crippen molar-refractivity contribution in [3.05, 3.63) is 0 Å². The SMILES string of the molecule is COC(=O)[C@H]1O[C@@H](OCC(C)C)[C@H](OC(C)=O)[C@@H](OC(C)=O)[C@@H]1OC(C)=O. The van der Waals surface area contributed by atoms with Crippen LogP contribution in [0.4, 0.5) is 0 Å². The maximum atomic E-state index is 12.2. The minimum Gasteiger partial charge on any atom is -0.467 e. The van der Waals surface area contributed by atoms with Gasteiger partial charge in [-0.05, 0) is 5.92 Å². The summed E-state index contributed by atoms with van der Waals surface area (Å²) >= 11 is 0. The van der Waals surface area contributed by atoms with Crippen molar-refractivity contribution >= 4 is 23.9 Å². The third-order valence-corrected chi connectivity index (χ3v) is 3.43. The van der Waals surface area contributed by atoms with Crippen molar-refractivity contribution in [1.82, 2.24) is 0 Å². The number of methoxy groups -OCH3 is 1. The van der Waals surface area contributed by atoms with Gasteiger partial charge >= 0.3 is 23.9 Å². The topological polar surface area (TPSA) is 124 Å². The van der Waals surface area contributed by atoms with Gasteiger partial charge in [0.05, 0.1) is 13.7 Å². The van der Waals surface area contributed by atoms with Gasteiger partial charge in [0.25, 0.3) is 0 Å². The second-order valence-electron chi connectivity index (χ2n) is 6.40. The summed E-state index contributed by atoms with van der Waals surface area (Å²) in [7, 11) is 1.12. The Bertz CT molecular complexity index is 558. The molecule has 1 fully saturated rings. The molecule has 0 unspecified atom stereocenters. The normalized spacial score (nSPS) is 27.6. The van der Waals surface area contributed by atoms with Crippen molar-refractivity contribution in [2.45, 2.75) is 65.3 Å². The van der Waals surface area contributed by atoms with E-state index in [0.717, 1.165) is 27.9 Å². The zero-order valence-electron chi connectivity index (χ0n) is 16.3. The second kappa shape index (κ2) is 10.2. The summed E-state index contributed by atoms with van der Waals surface area (Å²) in [5.74, 6) is -2.95. The number of rotatable bonds is 7. The Morgan fingerprint density at radius 1 is 0.852 bits per heavy atom. The molecule has 0 aromatic heterocycles. The van der Waals surface area contributed by atoms with Gasteiger partial charge in [-0.2, -0.15) is 0 Å². The van der Waals surface area contributed by atoms with Gasteiger partial charge in [0.2, 0.25) is 0 Å². The van der Waals surface area contributed by atoms with Gasteiger partial charge in [0.1, 0.15) is 0 Å². The molecule has 0 N–H and O–H groups in total. The first kappa shape index (κ1) is 22.8. The molecule has 154 valence electrons. The van der Waals surface area contributed by atoms with E-state index in [1.807, 2.05) is 13.8 Å². The number of esters is 4. The Labute approximate surface area is 157 Å². The van der Waals surface area contributed by atoms with Crippen LogP contribution in [0.5, 0.6) is 0 Å². The first-order valence-corrected chi connectivity index (χ1v) is 8.43. The molecule has 1 rings (SSSR count). The summed E-state index contributed by atoms with van der Waals surface area (Å²) in [4.78, 5) is 46.8. The fourth-order valence-corrected chi connectivity index (χ4v) is 2.50. The van der Waals surface area contributed by atoms with Gasteiger partial charge in [-0.3, -0.25) is 14.4 Å². The van der Waals surface area contributed by atoms with E-state index >= 15 is 0 Å². The molecule has 1 heterocycles. The number of hydrogen-bond donors (Lipinski definition) is 0. The van der Waals surface area contributed by atoms with Crippen molar-refractivity contribution in [2.24, 2.45) is 5.92 Å². The molecule has 27 heavy (non-hydrogen) atoms. The summed E-state index contributed by atoms with van der Waals surface area (Å²) in [5.41, 5.74) is 0. The van der Waals surface area contributed by atoms with Crippen LogP contribution >= 0.6 is 0 Å². The largest absolute Gasteiger partial charge is 0.467 e. The standard InChI is InChI=1S/C17H26O10/c1-8(2)7-23-17-15(26-11(5)20)13(25-10(4)19)12(24-9(3)18)14(27-17)16(21)22-6/h8,12-15,17H,7H2,1-6H3/t12-,13-,14-,15+,17+/m0/s1. The fourth-order valence-electron chi connectivity index (χ4n) is 2.50. The van der Waals surface area contributed by atoms with Crippen molar-refractivity contribution in [2.75, 3.05) is 13.7 Å². The summed E-state index contributed by atoms with van der Waals surface area (Å²) in [6.45, 7) is 7.36. The third-order valence-electron chi connectivity index (χ3n) is 3.43. The van der Waals surface area contributed by atoms with E-state index in [1.165, 1.54) is 0 Å². The highest BCUT2D eigenvalue weighted by molar-refractivity contribution is 5.77. The Kier molecular flexibility index (Phi) is 8.64. The van der Waals surface area contributed by atoms with Crippen LogP contribution in [0, 0.1) is 5.92 Å². The molecule has 1 saturated heterocycles. The zero-order valence-corrected chi connectivity index (χ0v) is 16.3. The highest BCUT2D eigenvalue weighted by Gasteiger charge is 2.55. The smallest absolute Gasteiger partial charge is 0.339 e. The van der Waals surface area contributed by atoms with Gasteiger partial charge in [0.15, 0.2) is 30.7 Å². The van der Waals surface area contributed by atoms with E-state index in [4.69, 9.17) is 23.7 Å². The quantitative estimate of drug-likeness (QED) is 0.444. The van der Waals surface area contributed by atoms with Crippen LogP contribution in [0.3, 0.4) is 0 Å². The first-order valence-electron chi connectivity index (χ1n) is 8.43. The average Bonchev–Trinajstić information content (AvgIpc) is 2.54. The van der Waals surface area contributed by atoms with Gasteiger partial charge in [0, 0.05) is 20.8 Å². The van der Waals surface area contributed by atoms with Crippen molar-refractivity contribution in [3.8, 4) is 0 Å². The number of hydrogen-bond acceptors (Lipinski definition) is 10. The molecule has 0 aromatic rings. The molecule has 0 bridgehead atoms. The molecule has 0 saturated carbocycles. The predicted molar refractivity (Wildman–Crippen MR) is 88.1 cm³/mol. The second-order valence-corrected chi connectivity index (χ2v) is 6.40. The lowest BCUT2D eigenvalue weighted by atomic mass is 9.97. The highest BCUT2D eigenvalue weighted by atomic mass is 16.7. The van der Waals surface area contributed by atoms with E-state index in [-0.39, 0.29) is 12.5 Å². The molecular weight excluding hydrogens is 364 g/mol. The fraction of sp³-hybridized carbons (Fsp3) is 0.765. The molecular formula is C17H26O10. The van der Waals surface area contributed by atoms with Crippen LogP contribution < -0.4 is 0 Å². The molecule has 0 aliphatic carbocycles. The Morgan fingerprint density at radius 3 is 1.78 bits per heavy atom. The number of carbonyl (C=O) groups is 4. The third kappa shape index (κ3) is 6.79.